The summed E-state index contributed by atoms with van der Waals surface area (Å²) in [7, 11) is 0. The van der Waals surface area contributed by atoms with Crippen molar-refractivity contribution in [2.45, 2.75) is 19.8 Å². The van der Waals surface area contributed by atoms with E-state index >= 15 is 0 Å². The molecule has 1 aliphatic heterocycles. The Morgan fingerprint density at radius 3 is 2.95 bits per heavy atom. The predicted octanol–water partition coefficient (Wildman–Crippen LogP) is 2.56. The van der Waals surface area contributed by atoms with Crippen LogP contribution in [0.15, 0.2) is 18.2 Å². The number of nitro benzene ring substituents is 1. The van der Waals surface area contributed by atoms with E-state index in [4.69, 9.17) is 0 Å². The van der Waals surface area contributed by atoms with E-state index in [0.717, 1.165) is 32.0 Å². The third-order valence-corrected chi connectivity index (χ3v) is 3.73. The normalized spacial score (nSPS) is 18.8. The molecular formula is C14H20FN3O2. The summed E-state index contributed by atoms with van der Waals surface area (Å²) in [6.07, 6.45) is 2.22. The first-order chi connectivity index (χ1) is 9.61. The average molecular weight is 281 g/mol. The quantitative estimate of drug-likeness (QED) is 0.665. The van der Waals surface area contributed by atoms with Crippen molar-refractivity contribution in [3.05, 3.63) is 34.1 Å². The molecule has 20 heavy (non-hydrogen) atoms. The van der Waals surface area contributed by atoms with Crippen LogP contribution < -0.4 is 10.2 Å². The van der Waals surface area contributed by atoms with Crippen LogP contribution in [0.25, 0.3) is 0 Å². The average Bonchev–Trinajstić information content (AvgIpc) is 2.45. The lowest BCUT2D eigenvalue weighted by Crippen LogP contribution is -2.38. The number of halogens is 1. The van der Waals surface area contributed by atoms with E-state index in [2.05, 4.69) is 5.32 Å². The Morgan fingerprint density at radius 2 is 2.35 bits per heavy atom. The van der Waals surface area contributed by atoms with Crippen LogP contribution in [-0.2, 0) is 0 Å². The third kappa shape index (κ3) is 3.45. The minimum absolute atomic E-state index is 0.0305. The van der Waals surface area contributed by atoms with Crippen molar-refractivity contribution in [2.24, 2.45) is 5.92 Å². The van der Waals surface area contributed by atoms with E-state index in [-0.39, 0.29) is 5.69 Å². The molecule has 0 aromatic heterocycles. The molecule has 5 nitrogen and oxygen atoms in total. The number of rotatable bonds is 5. The van der Waals surface area contributed by atoms with Gasteiger partial charge in [0, 0.05) is 25.2 Å². The highest BCUT2D eigenvalue weighted by Crippen LogP contribution is 2.30. The lowest BCUT2D eigenvalue weighted by atomic mass is 9.98. The van der Waals surface area contributed by atoms with Crippen molar-refractivity contribution in [2.75, 3.05) is 31.1 Å². The summed E-state index contributed by atoms with van der Waals surface area (Å²) in [4.78, 5) is 12.5. The van der Waals surface area contributed by atoms with Gasteiger partial charge in [-0.05, 0) is 44.8 Å². The Hall–Kier alpha value is -1.69. The van der Waals surface area contributed by atoms with Gasteiger partial charge in [0.1, 0.15) is 11.5 Å². The van der Waals surface area contributed by atoms with E-state index in [1.54, 1.807) is 0 Å². The summed E-state index contributed by atoms with van der Waals surface area (Å²) in [5.74, 6) is 0.0115. The maximum absolute atomic E-state index is 13.4. The maximum atomic E-state index is 13.4. The number of nitro groups is 1. The molecule has 1 aromatic carbocycles. The Labute approximate surface area is 117 Å². The fourth-order valence-corrected chi connectivity index (χ4v) is 2.69. The smallest absolute Gasteiger partial charge is 0.292 e. The van der Waals surface area contributed by atoms with Gasteiger partial charge in [-0.3, -0.25) is 10.1 Å². The van der Waals surface area contributed by atoms with Crippen molar-refractivity contribution in [1.82, 2.24) is 5.32 Å². The molecule has 0 saturated carbocycles. The van der Waals surface area contributed by atoms with Gasteiger partial charge >= 0.3 is 0 Å². The molecule has 0 bridgehead atoms. The molecule has 0 aliphatic carbocycles. The van der Waals surface area contributed by atoms with Gasteiger partial charge in [0.25, 0.3) is 5.69 Å². The Morgan fingerprint density at radius 1 is 1.55 bits per heavy atom. The molecule has 2 rings (SSSR count). The van der Waals surface area contributed by atoms with Gasteiger partial charge in [-0.15, -0.1) is 0 Å². The second-order valence-electron chi connectivity index (χ2n) is 5.14. The molecule has 1 atom stereocenters. The maximum Gasteiger partial charge on any atom is 0.292 e. The summed E-state index contributed by atoms with van der Waals surface area (Å²) >= 11 is 0. The molecule has 110 valence electrons. The highest BCUT2D eigenvalue weighted by molar-refractivity contribution is 5.63. The second kappa shape index (κ2) is 6.65. The summed E-state index contributed by atoms with van der Waals surface area (Å²) in [5.41, 5.74) is 0.347. The number of nitrogens with zero attached hydrogens (tertiary/aromatic N) is 2. The van der Waals surface area contributed by atoms with Crippen molar-refractivity contribution in [3.63, 3.8) is 0 Å². The first-order valence-electron chi connectivity index (χ1n) is 7.01. The molecule has 1 fully saturated rings. The summed E-state index contributed by atoms with van der Waals surface area (Å²) in [6.45, 7) is 5.22. The number of benzene rings is 1. The Bertz CT molecular complexity index is 475. The Balaban J connectivity index is 2.21. The predicted molar refractivity (Wildman–Crippen MR) is 76.5 cm³/mol. The first-order valence-corrected chi connectivity index (χ1v) is 7.01. The number of anilines is 1. The lowest BCUT2D eigenvalue weighted by Gasteiger charge is -2.30. The first kappa shape index (κ1) is 14.7. The van der Waals surface area contributed by atoms with Gasteiger partial charge in [0.2, 0.25) is 0 Å². The fourth-order valence-electron chi connectivity index (χ4n) is 2.69. The molecule has 6 heteroatoms. The van der Waals surface area contributed by atoms with Gasteiger partial charge in [0.05, 0.1) is 4.92 Å². The molecule has 1 unspecified atom stereocenters. The van der Waals surface area contributed by atoms with E-state index in [1.807, 2.05) is 11.8 Å². The van der Waals surface area contributed by atoms with Gasteiger partial charge in [-0.2, -0.15) is 0 Å². The molecule has 0 amide bonds. The fraction of sp³-hybridized carbons (Fsp3) is 0.571. The molecule has 1 N–H and O–H groups in total. The highest BCUT2D eigenvalue weighted by atomic mass is 19.1. The third-order valence-electron chi connectivity index (χ3n) is 3.73. The van der Waals surface area contributed by atoms with E-state index in [0.29, 0.717) is 24.7 Å². The summed E-state index contributed by atoms with van der Waals surface area (Å²) in [6, 6.07) is 3.64. The van der Waals surface area contributed by atoms with Crippen LogP contribution in [-0.4, -0.2) is 31.1 Å². The largest absolute Gasteiger partial charge is 0.366 e. The van der Waals surface area contributed by atoms with Crippen LogP contribution in [0.2, 0.25) is 0 Å². The number of hydrogen-bond donors (Lipinski definition) is 1. The van der Waals surface area contributed by atoms with Crippen LogP contribution in [0.4, 0.5) is 15.8 Å². The zero-order valence-electron chi connectivity index (χ0n) is 11.6. The lowest BCUT2D eigenvalue weighted by molar-refractivity contribution is -0.384. The molecule has 1 heterocycles. The Kier molecular flexibility index (Phi) is 4.89. The van der Waals surface area contributed by atoms with Crippen LogP contribution in [0.3, 0.4) is 0 Å². The number of hydrogen-bond acceptors (Lipinski definition) is 4. The van der Waals surface area contributed by atoms with Crippen molar-refractivity contribution in [1.29, 1.82) is 0 Å². The number of nitrogens with one attached hydrogen (secondary N) is 1. The molecule has 0 spiro atoms. The molecule has 1 aromatic rings. The number of piperidine rings is 1. The summed E-state index contributed by atoms with van der Waals surface area (Å²) < 4.78 is 13.4. The second-order valence-corrected chi connectivity index (χ2v) is 5.14. The SMILES string of the molecule is CCN(CC1CCCNC1)c1cc(F)ccc1[N+](=O)[O-]. The van der Waals surface area contributed by atoms with Gasteiger partial charge < -0.3 is 10.2 Å². The minimum Gasteiger partial charge on any atom is -0.366 e. The minimum atomic E-state index is -0.448. The van der Waals surface area contributed by atoms with Gasteiger partial charge in [-0.25, -0.2) is 4.39 Å². The van der Waals surface area contributed by atoms with E-state index in [9.17, 15) is 14.5 Å². The van der Waals surface area contributed by atoms with Crippen LogP contribution in [0.1, 0.15) is 19.8 Å². The zero-order valence-corrected chi connectivity index (χ0v) is 11.6. The molecule has 1 aliphatic rings. The van der Waals surface area contributed by atoms with E-state index in [1.165, 1.54) is 12.1 Å². The summed E-state index contributed by atoms with van der Waals surface area (Å²) in [5, 5.41) is 14.4. The monoisotopic (exact) mass is 281 g/mol. The van der Waals surface area contributed by atoms with Crippen LogP contribution >= 0.6 is 0 Å². The zero-order chi connectivity index (χ0) is 14.5. The van der Waals surface area contributed by atoms with E-state index < -0.39 is 10.7 Å². The van der Waals surface area contributed by atoms with Gasteiger partial charge in [-0.1, -0.05) is 0 Å². The van der Waals surface area contributed by atoms with Crippen molar-refractivity contribution in [3.8, 4) is 0 Å². The van der Waals surface area contributed by atoms with Crippen LogP contribution in [0, 0.1) is 21.8 Å². The topological polar surface area (TPSA) is 58.4 Å². The van der Waals surface area contributed by atoms with Gasteiger partial charge in [0.15, 0.2) is 0 Å². The van der Waals surface area contributed by atoms with Crippen molar-refractivity contribution >= 4 is 11.4 Å². The standard InChI is InChI=1S/C14H20FN3O2/c1-2-17(10-11-4-3-7-16-9-11)14-8-12(15)5-6-13(14)18(19)20/h5-6,8,11,16H,2-4,7,9-10H2,1H3. The molecule has 1 saturated heterocycles. The van der Waals surface area contributed by atoms with Crippen molar-refractivity contribution < 1.29 is 9.31 Å². The molecule has 0 radical (unpaired) electrons. The highest BCUT2D eigenvalue weighted by Gasteiger charge is 2.22. The van der Waals surface area contributed by atoms with Crippen LogP contribution in [0.5, 0.6) is 0 Å². The molecular weight excluding hydrogens is 261 g/mol.